The van der Waals surface area contributed by atoms with E-state index >= 15 is 0 Å². The van der Waals surface area contributed by atoms with Gasteiger partial charge in [-0.15, -0.1) is 0 Å². The van der Waals surface area contributed by atoms with Crippen LogP contribution in [0, 0.1) is 0 Å². The minimum absolute atomic E-state index is 0.137. The number of hydrogen-bond acceptors (Lipinski definition) is 8. The minimum atomic E-state index is -1.56. The van der Waals surface area contributed by atoms with Gasteiger partial charge in [0, 0.05) is 6.42 Å². The quantitative estimate of drug-likeness (QED) is 0.0261. The fourth-order valence-corrected chi connectivity index (χ4v) is 11.1. The number of aliphatic hydroxyl groups is 5. The van der Waals surface area contributed by atoms with Crippen LogP contribution in [-0.2, 0) is 14.3 Å². The Labute approximate surface area is 506 Å². The number of unbranched alkanes of at least 4 members (excludes halogenated alkanes) is 39. The SMILES string of the molecule is CC/C=C\C/C=C\C/C=C\C/C=C\C/C=C\C/C=C\CCCCCCCCCCCCCCCCCCC(=O)NC(COC1OC(CO)C(O)C(O)C1O)C(O)CCCCCCCCCCCCCCCCCCCCCCCCCC. The fraction of sp³-hybridized carbons (Fsp3) is 0.822. The molecule has 0 aromatic carbocycles. The highest BCUT2D eigenvalue weighted by atomic mass is 16.7. The van der Waals surface area contributed by atoms with Gasteiger partial charge in [0.15, 0.2) is 6.29 Å². The molecule has 1 rings (SSSR count). The lowest BCUT2D eigenvalue weighted by Gasteiger charge is -2.40. The van der Waals surface area contributed by atoms with Crippen molar-refractivity contribution in [2.24, 2.45) is 0 Å². The molecule has 9 heteroatoms. The third-order valence-electron chi connectivity index (χ3n) is 16.6. The molecule has 7 atom stereocenters. The van der Waals surface area contributed by atoms with E-state index in [1.807, 2.05) is 0 Å². The third-order valence-corrected chi connectivity index (χ3v) is 16.6. The molecule has 1 heterocycles. The van der Waals surface area contributed by atoms with E-state index in [0.29, 0.717) is 12.8 Å². The molecule has 82 heavy (non-hydrogen) atoms. The van der Waals surface area contributed by atoms with Gasteiger partial charge in [-0.05, 0) is 64.2 Å². The van der Waals surface area contributed by atoms with E-state index < -0.39 is 49.5 Å². The normalized spacial score (nSPS) is 18.7. The molecule has 7 unspecified atom stereocenters. The van der Waals surface area contributed by atoms with Gasteiger partial charge in [0.25, 0.3) is 0 Å². The molecule has 1 amide bonds. The first-order chi connectivity index (χ1) is 40.3. The van der Waals surface area contributed by atoms with Crippen LogP contribution in [0.2, 0.25) is 0 Å². The second-order valence-corrected chi connectivity index (χ2v) is 24.3. The van der Waals surface area contributed by atoms with E-state index in [1.54, 1.807) is 0 Å². The van der Waals surface area contributed by atoms with Crippen molar-refractivity contribution in [1.82, 2.24) is 5.32 Å². The number of rotatable bonds is 61. The molecule has 0 spiro atoms. The number of amides is 1. The Hall–Kier alpha value is -2.37. The number of nitrogens with one attached hydrogen (secondary N) is 1. The number of carbonyl (C=O) groups is 1. The Morgan fingerprint density at radius 2 is 0.756 bits per heavy atom. The van der Waals surface area contributed by atoms with Gasteiger partial charge in [-0.2, -0.15) is 0 Å². The van der Waals surface area contributed by atoms with Crippen molar-refractivity contribution in [2.75, 3.05) is 13.2 Å². The molecule has 0 bridgehead atoms. The Balaban J connectivity index is 2.11. The predicted octanol–water partition coefficient (Wildman–Crippen LogP) is 19.1. The molecule has 0 aromatic heterocycles. The van der Waals surface area contributed by atoms with Crippen molar-refractivity contribution in [3.63, 3.8) is 0 Å². The summed E-state index contributed by atoms with van der Waals surface area (Å²) in [5, 5.41) is 54.9. The fourth-order valence-electron chi connectivity index (χ4n) is 11.1. The monoisotopic (exact) mass is 1150 g/mol. The highest BCUT2D eigenvalue weighted by molar-refractivity contribution is 5.76. The van der Waals surface area contributed by atoms with Crippen LogP contribution in [0.1, 0.15) is 328 Å². The van der Waals surface area contributed by atoms with E-state index in [1.165, 1.54) is 225 Å². The van der Waals surface area contributed by atoms with Gasteiger partial charge >= 0.3 is 0 Å². The Kier molecular flexibility index (Phi) is 58.4. The molecule has 1 aliphatic heterocycles. The molecule has 1 saturated heterocycles. The van der Waals surface area contributed by atoms with Gasteiger partial charge in [0.1, 0.15) is 24.4 Å². The summed E-state index contributed by atoms with van der Waals surface area (Å²) in [6.45, 7) is 3.76. The van der Waals surface area contributed by atoms with E-state index in [2.05, 4.69) is 92.1 Å². The van der Waals surface area contributed by atoms with Crippen LogP contribution < -0.4 is 5.32 Å². The van der Waals surface area contributed by atoms with Crippen LogP contribution in [0.3, 0.4) is 0 Å². The average Bonchev–Trinajstić information content (AvgIpc) is 3.52. The highest BCUT2D eigenvalue weighted by Gasteiger charge is 2.44. The van der Waals surface area contributed by atoms with Gasteiger partial charge in [0.05, 0.1) is 25.4 Å². The van der Waals surface area contributed by atoms with Crippen LogP contribution in [0.25, 0.3) is 0 Å². The summed E-state index contributed by atoms with van der Waals surface area (Å²) < 4.78 is 11.4. The van der Waals surface area contributed by atoms with Gasteiger partial charge in [-0.3, -0.25) is 4.79 Å². The van der Waals surface area contributed by atoms with E-state index in [9.17, 15) is 30.3 Å². The maximum atomic E-state index is 13.2. The topological polar surface area (TPSA) is 149 Å². The third kappa shape index (κ3) is 49.8. The zero-order valence-electron chi connectivity index (χ0n) is 53.5. The molecule has 1 aliphatic rings. The second kappa shape index (κ2) is 61.7. The van der Waals surface area contributed by atoms with Crippen molar-refractivity contribution in [1.29, 1.82) is 0 Å². The smallest absolute Gasteiger partial charge is 0.220 e. The average molecular weight is 1150 g/mol. The van der Waals surface area contributed by atoms with Crippen LogP contribution in [0.5, 0.6) is 0 Å². The van der Waals surface area contributed by atoms with Gasteiger partial charge in [-0.1, -0.05) is 331 Å². The Morgan fingerprint density at radius 3 is 1.12 bits per heavy atom. The number of ether oxygens (including phenoxy) is 2. The molecule has 478 valence electrons. The standard InChI is InChI=1S/C73H133NO8/c1-3-5-7-9-11-13-15-17-19-21-23-25-27-29-30-31-32-33-34-35-36-37-38-39-41-43-45-47-49-51-53-55-57-59-61-63-69(77)74-66(65-81-73-72(80)71(79)70(78)68(64-75)82-73)67(76)62-60-58-56-54-52-50-48-46-44-42-40-28-26-24-22-20-18-16-14-12-10-8-6-4-2/h5,7,11,13,17,19,23,25,29-30,32-33,66-68,70-73,75-76,78-80H,3-4,6,8-10,12,14-16,18,20-22,24,26-28,31,34-65H2,1-2H3,(H,74,77)/b7-5-,13-11-,19-17-,25-23-,30-29-,33-32-. The van der Waals surface area contributed by atoms with Gasteiger partial charge < -0.3 is 40.3 Å². The summed E-state index contributed by atoms with van der Waals surface area (Å²) in [5.41, 5.74) is 0. The summed E-state index contributed by atoms with van der Waals surface area (Å²) in [6, 6.07) is -0.723. The Bertz CT molecular complexity index is 1520. The zero-order valence-corrected chi connectivity index (χ0v) is 53.5. The maximum absolute atomic E-state index is 13.2. The number of carbonyl (C=O) groups excluding carboxylic acids is 1. The molecule has 0 aliphatic carbocycles. The first kappa shape index (κ1) is 77.6. The number of allylic oxidation sites excluding steroid dienone is 12. The van der Waals surface area contributed by atoms with Crippen LogP contribution >= 0.6 is 0 Å². The van der Waals surface area contributed by atoms with Gasteiger partial charge in [-0.25, -0.2) is 0 Å². The zero-order chi connectivity index (χ0) is 59.3. The van der Waals surface area contributed by atoms with Crippen molar-refractivity contribution in [3.8, 4) is 0 Å². The predicted molar refractivity (Wildman–Crippen MR) is 350 cm³/mol. The Morgan fingerprint density at radius 1 is 0.427 bits per heavy atom. The van der Waals surface area contributed by atoms with E-state index in [-0.39, 0.29) is 12.5 Å². The van der Waals surface area contributed by atoms with Crippen molar-refractivity contribution in [2.45, 2.75) is 371 Å². The van der Waals surface area contributed by atoms with Crippen molar-refractivity contribution < 1.29 is 39.8 Å². The number of aliphatic hydroxyl groups excluding tert-OH is 5. The highest BCUT2D eigenvalue weighted by Crippen LogP contribution is 2.24. The molecule has 0 saturated carbocycles. The largest absolute Gasteiger partial charge is 0.394 e. The van der Waals surface area contributed by atoms with Crippen LogP contribution in [0.15, 0.2) is 72.9 Å². The molecule has 1 fully saturated rings. The lowest BCUT2D eigenvalue weighted by Crippen LogP contribution is -2.60. The van der Waals surface area contributed by atoms with Crippen LogP contribution in [-0.4, -0.2) is 87.5 Å². The van der Waals surface area contributed by atoms with Crippen LogP contribution in [0.4, 0.5) is 0 Å². The molecule has 0 aromatic rings. The lowest BCUT2D eigenvalue weighted by molar-refractivity contribution is -0.302. The first-order valence-electron chi connectivity index (χ1n) is 35.1. The summed E-state index contributed by atoms with van der Waals surface area (Å²) in [5.74, 6) is -0.141. The van der Waals surface area contributed by atoms with Gasteiger partial charge in [0.2, 0.25) is 5.91 Å². The maximum Gasteiger partial charge on any atom is 0.220 e. The molecular weight excluding hydrogens is 1020 g/mol. The second-order valence-electron chi connectivity index (χ2n) is 24.3. The van der Waals surface area contributed by atoms with E-state index in [0.717, 1.165) is 77.0 Å². The summed E-state index contributed by atoms with van der Waals surface area (Å²) in [4.78, 5) is 13.2. The van der Waals surface area contributed by atoms with E-state index in [4.69, 9.17) is 9.47 Å². The molecule has 6 N–H and O–H groups in total. The summed E-state index contributed by atoms with van der Waals surface area (Å²) >= 11 is 0. The summed E-state index contributed by atoms with van der Waals surface area (Å²) in [7, 11) is 0. The molecule has 0 radical (unpaired) electrons. The minimum Gasteiger partial charge on any atom is -0.394 e. The van der Waals surface area contributed by atoms with Crippen molar-refractivity contribution in [3.05, 3.63) is 72.9 Å². The number of hydrogen-bond donors (Lipinski definition) is 6. The lowest BCUT2D eigenvalue weighted by atomic mass is 9.99. The molecule has 9 nitrogen and oxygen atoms in total. The molecular formula is C73H133NO8. The first-order valence-corrected chi connectivity index (χ1v) is 35.1. The summed E-state index contributed by atoms with van der Waals surface area (Å²) in [6.07, 6.45) is 79.6. The van der Waals surface area contributed by atoms with Crippen molar-refractivity contribution >= 4 is 5.91 Å².